The molecule has 0 saturated carbocycles. The van der Waals surface area contributed by atoms with E-state index in [1.807, 2.05) is 24.3 Å². The van der Waals surface area contributed by atoms with E-state index in [0.717, 1.165) is 10.0 Å². The zero-order chi connectivity index (χ0) is 16.9. The third-order valence-electron chi connectivity index (χ3n) is 3.06. The number of benzene rings is 1. The monoisotopic (exact) mass is 403 g/mol. The minimum Gasteiger partial charge on any atom is -0.455 e. The van der Waals surface area contributed by atoms with Crippen LogP contribution in [-0.2, 0) is 0 Å². The van der Waals surface area contributed by atoms with Crippen LogP contribution in [0, 0.1) is 0 Å². The maximum Gasteiger partial charge on any atom is 0.272 e. The van der Waals surface area contributed by atoms with Crippen molar-refractivity contribution in [1.82, 2.24) is 10.4 Å². The molecule has 2 aromatic heterocycles. The molecule has 1 amide bonds. The van der Waals surface area contributed by atoms with E-state index in [2.05, 4.69) is 31.4 Å². The molecule has 120 valence electrons. The van der Waals surface area contributed by atoms with Crippen LogP contribution in [0.4, 0.5) is 0 Å². The molecule has 2 heterocycles. The Morgan fingerprint density at radius 1 is 1.25 bits per heavy atom. The highest BCUT2D eigenvalue weighted by molar-refractivity contribution is 9.10. The molecule has 0 aliphatic rings. The van der Waals surface area contributed by atoms with Crippen molar-refractivity contribution in [3.63, 3.8) is 0 Å². The second-order valence-corrected chi connectivity index (χ2v) is 6.16. The maximum atomic E-state index is 11.9. The van der Waals surface area contributed by atoms with E-state index in [9.17, 15) is 4.79 Å². The molecule has 0 saturated heterocycles. The average molecular weight is 405 g/mol. The van der Waals surface area contributed by atoms with Gasteiger partial charge in [0.25, 0.3) is 5.91 Å². The number of hydrazone groups is 1. The highest BCUT2D eigenvalue weighted by Gasteiger charge is 2.06. The van der Waals surface area contributed by atoms with E-state index < -0.39 is 0 Å². The van der Waals surface area contributed by atoms with Crippen LogP contribution in [0.25, 0.3) is 11.3 Å². The number of nitrogens with one attached hydrogen (secondary N) is 1. The van der Waals surface area contributed by atoms with Crippen molar-refractivity contribution >= 4 is 39.7 Å². The molecule has 0 unspecified atom stereocenters. The number of hydrogen-bond acceptors (Lipinski definition) is 4. The van der Waals surface area contributed by atoms with Gasteiger partial charge in [0.2, 0.25) is 0 Å². The minimum atomic E-state index is -0.360. The molecule has 7 heteroatoms. The van der Waals surface area contributed by atoms with Crippen LogP contribution in [0.3, 0.4) is 0 Å². The van der Waals surface area contributed by atoms with Crippen molar-refractivity contribution in [2.75, 3.05) is 0 Å². The third-order valence-corrected chi connectivity index (χ3v) is 3.73. The number of halogens is 2. The number of nitrogens with zero attached hydrogens (tertiary/aromatic N) is 2. The minimum absolute atomic E-state index is 0.360. The van der Waals surface area contributed by atoms with Gasteiger partial charge in [-0.2, -0.15) is 5.10 Å². The summed E-state index contributed by atoms with van der Waals surface area (Å²) in [6, 6.07) is 12.6. The number of furan rings is 1. The molecule has 0 fully saturated rings. The zero-order valence-corrected chi connectivity index (χ0v) is 14.6. The van der Waals surface area contributed by atoms with Crippen LogP contribution in [0.15, 0.2) is 68.8 Å². The number of amides is 1. The van der Waals surface area contributed by atoms with Gasteiger partial charge in [-0.25, -0.2) is 5.43 Å². The van der Waals surface area contributed by atoms with Crippen LogP contribution in [0.2, 0.25) is 5.02 Å². The predicted molar refractivity (Wildman–Crippen MR) is 96.2 cm³/mol. The van der Waals surface area contributed by atoms with E-state index in [0.29, 0.717) is 22.1 Å². The first-order valence-electron chi connectivity index (χ1n) is 6.91. The molecular formula is C17H11BrClN3O2. The lowest BCUT2D eigenvalue weighted by atomic mass is 10.2. The molecule has 0 aliphatic carbocycles. The van der Waals surface area contributed by atoms with Crippen molar-refractivity contribution < 1.29 is 9.21 Å². The summed E-state index contributed by atoms with van der Waals surface area (Å²) < 4.78 is 6.37. The number of carbonyl (C=O) groups is 1. The van der Waals surface area contributed by atoms with Crippen molar-refractivity contribution in [1.29, 1.82) is 0 Å². The molecule has 0 atom stereocenters. The molecular weight excluding hydrogens is 394 g/mol. The molecule has 3 aromatic rings. The van der Waals surface area contributed by atoms with E-state index in [4.69, 9.17) is 16.0 Å². The van der Waals surface area contributed by atoms with E-state index in [1.165, 1.54) is 12.4 Å². The van der Waals surface area contributed by atoms with E-state index in [1.54, 1.807) is 24.4 Å². The van der Waals surface area contributed by atoms with Gasteiger partial charge in [-0.1, -0.05) is 23.7 Å². The Kier molecular flexibility index (Phi) is 5.08. The van der Waals surface area contributed by atoms with Gasteiger partial charge in [0.1, 0.15) is 11.5 Å². The molecule has 0 bridgehead atoms. The van der Waals surface area contributed by atoms with Gasteiger partial charge in [-0.15, -0.1) is 0 Å². The lowest BCUT2D eigenvalue weighted by molar-refractivity contribution is 0.0954. The SMILES string of the molecule is O=C(N/N=C/c1ccc(-c2cccc(Cl)c2)o1)c1cncc(Br)c1. The quantitative estimate of drug-likeness (QED) is 0.513. The molecule has 0 aliphatic heterocycles. The van der Waals surface area contributed by atoms with Crippen molar-refractivity contribution in [3.8, 4) is 11.3 Å². The Hall–Kier alpha value is -2.44. The third kappa shape index (κ3) is 4.10. The summed E-state index contributed by atoms with van der Waals surface area (Å²) in [5, 5.41) is 4.52. The average Bonchev–Trinajstić information content (AvgIpc) is 3.04. The first-order valence-corrected chi connectivity index (χ1v) is 8.08. The zero-order valence-electron chi connectivity index (χ0n) is 12.2. The number of carbonyl (C=O) groups excluding carboxylic acids is 1. The van der Waals surface area contributed by atoms with Crippen molar-refractivity contribution in [2.45, 2.75) is 0 Å². The summed E-state index contributed by atoms with van der Waals surface area (Å²) in [5.41, 5.74) is 3.69. The number of pyridine rings is 1. The molecule has 3 rings (SSSR count). The second kappa shape index (κ2) is 7.42. The first-order chi connectivity index (χ1) is 11.6. The van der Waals surface area contributed by atoms with Gasteiger partial charge < -0.3 is 4.42 Å². The lowest BCUT2D eigenvalue weighted by Crippen LogP contribution is -2.17. The van der Waals surface area contributed by atoms with E-state index >= 15 is 0 Å². The van der Waals surface area contributed by atoms with Crippen LogP contribution in [-0.4, -0.2) is 17.1 Å². The normalized spacial score (nSPS) is 10.9. The fourth-order valence-corrected chi connectivity index (χ4v) is 2.53. The number of aromatic nitrogens is 1. The molecule has 5 nitrogen and oxygen atoms in total. The highest BCUT2D eigenvalue weighted by Crippen LogP contribution is 2.24. The summed E-state index contributed by atoms with van der Waals surface area (Å²) in [6.45, 7) is 0. The second-order valence-electron chi connectivity index (χ2n) is 4.80. The Morgan fingerprint density at radius 3 is 2.92 bits per heavy atom. The Labute approximate surface area is 151 Å². The smallest absolute Gasteiger partial charge is 0.272 e. The lowest BCUT2D eigenvalue weighted by Gasteiger charge is -1.99. The molecule has 0 spiro atoms. The fraction of sp³-hybridized carbons (Fsp3) is 0. The van der Waals surface area contributed by atoms with Crippen LogP contribution < -0.4 is 5.43 Å². The highest BCUT2D eigenvalue weighted by atomic mass is 79.9. The molecule has 1 aromatic carbocycles. The van der Waals surface area contributed by atoms with Gasteiger partial charge in [-0.05, 0) is 46.3 Å². The van der Waals surface area contributed by atoms with Gasteiger partial charge in [-0.3, -0.25) is 9.78 Å². The van der Waals surface area contributed by atoms with Crippen molar-refractivity contribution in [2.24, 2.45) is 5.10 Å². The first kappa shape index (κ1) is 16.4. The Bertz CT molecular complexity index is 908. The largest absolute Gasteiger partial charge is 0.455 e. The Morgan fingerprint density at radius 2 is 2.12 bits per heavy atom. The fourth-order valence-electron chi connectivity index (χ4n) is 1.97. The van der Waals surface area contributed by atoms with E-state index in [-0.39, 0.29) is 5.91 Å². The number of rotatable bonds is 4. The summed E-state index contributed by atoms with van der Waals surface area (Å²) in [4.78, 5) is 15.8. The molecule has 24 heavy (non-hydrogen) atoms. The molecule has 0 radical (unpaired) electrons. The van der Waals surface area contributed by atoms with Crippen molar-refractivity contribution in [3.05, 3.63) is 75.7 Å². The number of hydrogen-bond donors (Lipinski definition) is 1. The van der Waals surface area contributed by atoms with Gasteiger partial charge >= 0.3 is 0 Å². The maximum absolute atomic E-state index is 11.9. The summed E-state index contributed by atoms with van der Waals surface area (Å²) in [6.07, 6.45) is 4.48. The standard InChI is InChI=1S/C17H11BrClN3O2/c18-13-6-12(8-20-9-13)17(23)22-21-10-15-4-5-16(24-15)11-2-1-3-14(19)7-11/h1-10H,(H,22,23)/b21-10+. The molecule has 1 N–H and O–H groups in total. The summed E-state index contributed by atoms with van der Waals surface area (Å²) in [7, 11) is 0. The van der Waals surface area contributed by atoms with Gasteiger partial charge in [0.15, 0.2) is 0 Å². The topological polar surface area (TPSA) is 67.5 Å². The van der Waals surface area contributed by atoms with Gasteiger partial charge in [0, 0.05) is 27.5 Å². The van der Waals surface area contributed by atoms with Crippen LogP contribution in [0.5, 0.6) is 0 Å². The Balaban J connectivity index is 1.66. The van der Waals surface area contributed by atoms with Crippen LogP contribution in [0.1, 0.15) is 16.1 Å². The predicted octanol–water partition coefficient (Wildman–Crippen LogP) is 4.52. The summed E-state index contributed by atoms with van der Waals surface area (Å²) in [5.74, 6) is 0.820. The van der Waals surface area contributed by atoms with Gasteiger partial charge in [0.05, 0.1) is 11.8 Å². The summed E-state index contributed by atoms with van der Waals surface area (Å²) >= 11 is 9.23. The van der Waals surface area contributed by atoms with Crippen LogP contribution >= 0.6 is 27.5 Å².